The smallest absolute Gasteiger partial charge is 0.338 e. The highest BCUT2D eigenvalue weighted by atomic mass is 16.7. The lowest BCUT2D eigenvalue weighted by molar-refractivity contribution is -0.162. The molecule has 31 heavy (non-hydrogen) atoms. The number of unbranched alkanes of at least 4 members (excludes halogenated alkanes) is 3. The fourth-order valence-corrected chi connectivity index (χ4v) is 4.30. The first-order valence-electron chi connectivity index (χ1n) is 11.9. The van der Waals surface area contributed by atoms with Gasteiger partial charge in [0.1, 0.15) is 6.10 Å². The first kappa shape index (κ1) is 23.7. The van der Waals surface area contributed by atoms with Gasteiger partial charge in [-0.1, -0.05) is 25.0 Å². The average molecular weight is 433 g/mol. The Morgan fingerprint density at radius 3 is 2.35 bits per heavy atom. The van der Waals surface area contributed by atoms with Gasteiger partial charge >= 0.3 is 11.9 Å². The predicted molar refractivity (Wildman–Crippen MR) is 117 cm³/mol. The Balaban J connectivity index is 1.26. The summed E-state index contributed by atoms with van der Waals surface area (Å²) in [6.07, 6.45) is 11.1. The first-order chi connectivity index (χ1) is 15.1. The van der Waals surface area contributed by atoms with E-state index in [4.69, 9.17) is 19.3 Å². The Morgan fingerprint density at radius 1 is 0.935 bits per heavy atom. The van der Waals surface area contributed by atoms with Gasteiger partial charge in [0.25, 0.3) is 0 Å². The molecule has 1 unspecified atom stereocenters. The van der Waals surface area contributed by atoms with Crippen LogP contribution in [0.2, 0.25) is 0 Å². The zero-order chi connectivity index (χ0) is 21.9. The molecule has 6 nitrogen and oxygen atoms in total. The summed E-state index contributed by atoms with van der Waals surface area (Å²) in [5, 5.41) is 9.06. The van der Waals surface area contributed by atoms with Crippen LogP contribution < -0.4 is 0 Å². The molecule has 1 saturated heterocycles. The molecule has 0 radical (unpaired) electrons. The molecule has 0 spiro atoms. The third-order valence-electron chi connectivity index (χ3n) is 6.29. The van der Waals surface area contributed by atoms with Crippen molar-refractivity contribution < 1.29 is 28.9 Å². The first-order valence-corrected chi connectivity index (χ1v) is 11.9. The van der Waals surface area contributed by atoms with Crippen molar-refractivity contribution in [2.24, 2.45) is 5.92 Å². The van der Waals surface area contributed by atoms with Crippen LogP contribution in [0.1, 0.15) is 86.6 Å². The average Bonchev–Trinajstić information content (AvgIpc) is 2.80. The summed E-state index contributed by atoms with van der Waals surface area (Å²) in [6, 6.07) is 7.67. The van der Waals surface area contributed by atoms with Crippen LogP contribution in [-0.2, 0) is 25.4 Å². The van der Waals surface area contributed by atoms with Crippen molar-refractivity contribution in [2.75, 3.05) is 13.2 Å². The molecule has 0 aromatic heterocycles. The number of carbonyl (C=O) groups excluding carboxylic acids is 1. The van der Waals surface area contributed by atoms with Gasteiger partial charge in [0.05, 0.1) is 11.5 Å². The van der Waals surface area contributed by atoms with Crippen molar-refractivity contribution in [1.29, 1.82) is 0 Å². The minimum atomic E-state index is -0.747. The van der Waals surface area contributed by atoms with Gasteiger partial charge in [-0.25, -0.2) is 4.79 Å². The number of benzene rings is 1. The molecule has 172 valence electrons. The number of esters is 1. The molecule has 6 heteroatoms. The van der Waals surface area contributed by atoms with E-state index in [9.17, 15) is 9.59 Å². The standard InChI is InChI=1S/C25H36O6/c26-24(27)20-13-15-22(16-14-20)31-25(28)21-11-9-19(10-12-21)7-3-1-2-5-17-29-23-8-4-6-18-30-23/h9-12,20,22-23H,1-8,13-18H2,(H,26,27). The molecule has 3 rings (SSSR count). The van der Waals surface area contributed by atoms with Crippen molar-refractivity contribution in [2.45, 2.75) is 89.4 Å². The number of carboxylic acid groups (broad SMARTS) is 1. The van der Waals surface area contributed by atoms with Gasteiger partial charge in [0.2, 0.25) is 0 Å². The maximum absolute atomic E-state index is 12.4. The van der Waals surface area contributed by atoms with E-state index in [1.54, 1.807) is 0 Å². The largest absolute Gasteiger partial charge is 0.481 e. The van der Waals surface area contributed by atoms with Crippen molar-refractivity contribution in [3.63, 3.8) is 0 Å². The zero-order valence-electron chi connectivity index (χ0n) is 18.4. The lowest BCUT2D eigenvalue weighted by atomic mass is 9.87. The van der Waals surface area contributed by atoms with E-state index in [1.165, 1.54) is 12.0 Å². The molecule has 1 atom stereocenters. The van der Waals surface area contributed by atoms with Crippen LogP contribution in [0.5, 0.6) is 0 Å². The molecule has 1 aromatic carbocycles. The maximum Gasteiger partial charge on any atom is 0.338 e. The van der Waals surface area contributed by atoms with Crippen molar-refractivity contribution in [1.82, 2.24) is 0 Å². The topological polar surface area (TPSA) is 82.1 Å². The number of hydrogen-bond acceptors (Lipinski definition) is 5. The fourth-order valence-electron chi connectivity index (χ4n) is 4.30. The van der Waals surface area contributed by atoms with Crippen LogP contribution >= 0.6 is 0 Å². The van der Waals surface area contributed by atoms with E-state index in [2.05, 4.69) is 0 Å². The summed E-state index contributed by atoms with van der Waals surface area (Å²) in [6.45, 7) is 1.61. The van der Waals surface area contributed by atoms with E-state index < -0.39 is 5.97 Å². The van der Waals surface area contributed by atoms with E-state index >= 15 is 0 Å². The summed E-state index contributed by atoms with van der Waals surface area (Å²) >= 11 is 0. The zero-order valence-corrected chi connectivity index (χ0v) is 18.4. The molecule has 2 fully saturated rings. The monoisotopic (exact) mass is 432 g/mol. The summed E-state index contributed by atoms with van der Waals surface area (Å²) < 4.78 is 16.9. The predicted octanol–water partition coefficient (Wildman–Crippen LogP) is 5.13. The second-order valence-corrected chi connectivity index (χ2v) is 8.75. The number of rotatable bonds is 11. The summed E-state index contributed by atoms with van der Waals surface area (Å²) in [5.41, 5.74) is 1.79. The van der Waals surface area contributed by atoms with Gasteiger partial charge in [-0.2, -0.15) is 0 Å². The van der Waals surface area contributed by atoms with Crippen LogP contribution in [-0.4, -0.2) is 42.7 Å². The number of carbonyl (C=O) groups is 2. The number of carboxylic acids is 1. The lowest BCUT2D eigenvalue weighted by Gasteiger charge is -2.25. The molecular formula is C25H36O6. The third kappa shape index (κ3) is 8.26. The Hall–Kier alpha value is -1.92. The van der Waals surface area contributed by atoms with Gasteiger partial charge in [-0.15, -0.1) is 0 Å². The molecular weight excluding hydrogens is 396 g/mol. The van der Waals surface area contributed by atoms with Crippen molar-refractivity contribution in [3.05, 3.63) is 35.4 Å². The van der Waals surface area contributed by atoms with Crippen LogP contribution in [0.3, 0.4) is 0 Å². The Kier molecular flexibility index (Phi) is 9.82. The highest BCUT2D eigenvalue weighted by Gasteiger charge is 2.28. The molecule has 1 N–H and O–H groups in total. The van der Waals surface area contributed by atoms with Crippen LogP contribution in [0.4, 0.5) is 0 Å². The molecule has 1 heterocycles. The van der Waals surface area contributed by atoms with Crippen molar-refractivity contribution >= 4 is 11.9 Å². The normalized spacial score (nSPS) is 23.9. The SMILES string of the molecule is O=C(OC1CCC(C(=O)O)CC1)c1ccc(CCCCCCOC2CCCCO2)cc1. The highest BCUT2D eigenvalue weighted by Crippen LogP contribution is 2.27. The molecule has 0 amide bonds. The van der Waals surface area contributed by atoms with Gasteiger partial charge < -0.3 is 19.3 Å². The van der Waals surface area contributed by atoms with E-state index in [0.29, 0.717) is 31.2 Å². The maximum atomic E-state index is 12.4. The van der Waals surface area contributed by atoms with Gasteiger partial charge in [0.15, 0.2) is 6.29 Å². The summed E-state index contributed by atoms with van der Waals surface area (Å²) in [7, 11) is 0. The van der Waals surface area contributed by atoms with Crippen molar-refractivity contribution in [3.8, 4) is 0 Å². The number of aryl methyl sites for hydroxylation is 1. The van der Waals surface area contributed by atoms with Gasteiger partial charge in [-0.05, 0) is 81.9 Å². The van der Waals surface area contributed by atoms with E-state index in [0.717, 1.165) is 58.2 Å². The second kappa shape index (κ2) is 12.8. The van der Waals surface area contributed by atoms with E-state index in [1.807, 2.05) is 24.3 Å². The van der Waals surface area contributed by atoms with Crippen LogP contribution in [0.15, 0.2) is 24.3 Å². The Morgan fingerprint density at radius 2 is 1.68 bits per heavy atom. The number of hydrogen-bond donors (Lipinski definition) is 1. The molecule has 1 aromatic rings. The minimum Gasteiger partial charge on any atom is -0.481 e. The molecule has 1 saturated carbocycles. The Bertz CT molecular complexity index is 672. The number of ether oxygens (including phenoxy) is 3. The minimum absolute atomic E-state index is 0.0127. The third-order valence-corrected chi connectivity index (χ3v) is 6.29. The van der Waals surface area contributed by atoms with Crippen LogP contribution in [0.25, 0.3) is 0 Å². The molecule has 1 aliphatic carbocycles. The summed E-state index contributed by atoms with van der Waals surface area (Å²) in [4.78, 5) is 23.4. The van der Waals surface area contributed by atoms with Gasteiger partial charge in [-0.3, -0.25) is 4.79 Å². The molecule has 1 aliphatic heterocycles. The molecule has 0 bridgehead atoms. The lowest BCUT2D eigenvalue weighted by Crippen LogP contribution is -2.27. The highest BCUT2D eigenvalue weighted by molar-refractivity contribution is 5.89. The molecule has 2 aliphatic rings. The Labute approximate surface area is 185 Å². The summed E-state index contributed by atoms with van der Waals surface area (Å²) in [5.74, 6) is -1.36. The second-order valence-electron chi connectivity index (χ2n) is 8.75. The quantitative estimate of drug-likeness (QED) is 0.385. The fraction of sp³-hybridized carbons (Fsp3) is 0.680. The van der Waals surface area contributed by atoms with Gasteiger partial charge in [0, 0.05) is 13.2 Å². The van der Waals surface area contributed by atoms with Crippen LogP contribution in [0, 0.1) is 5.92 Å². The number of aliphatic carboxylic acids is 1. The van der Waals surface area contributed by atoms with E-state index in [-0.39, 0.29) is 24.3 Å².